The van der Waals surface area contributed by atoms with Crippen LogP contribution in [0.3, 0.4) is 0 Å². The third-order valence-electron chi connectivity index (χ3n) is 6.43. The number of piperidine rings is 1. The Labute approximate surface area is 195 Å². The minimum Gasteiger partial charge on any atom is -0.488 e. The Morgan fingerprint density at radius 2 is 2.09 bits per heavy atom. The number of carbonyl (C=O) groups is 1. The highest BCUT2D eigenvalue weighted by atomic mass is 19.1. The molecule has 0 saturated carbocycles. The molecule has 0 bridgehead atoms. The zero-order valence-electron chi connectivity index (χ0n) is 19.6. The van der Waals surface area contributed by atoms with Crippen molar-refractivity contribution in [2.24, 2.45) is 0 Å². The van der Waals surface area contributed by atoms with Gasteiger partial charge in [-0.1, -0.05) is 6.07 Å². The van der Waals surface area contributed by atoms with Crippen LogP contribution in [0.15, 0.2) is 42.7 Å². The molecule has 7 heteroatoms. The molecule has 0 N–H and O–H groups in total. The van der Waals surface area contributed by atoms with Gasteiger partial charge in [-0.3, -0.25) is 9.78 Å². The molecule has 1 aromatic carbocycles. The molecular weight excluding hydrogens is 423 g/mol. The maximum Gasteiger partial charge on any atom is 0.253 e. The Morgan fingerprint density at radius 1 is 1.30 bits per heavy atom. The topological polar surface area (TPSA) is 60.9 Å². The molecule has 2 unspecified atom stereocenters. The highest BCUT2D eigenvalue weighted by Gasteiger charge is 2.45. The van der Waals surface area contributed by atoms with Crippen molar-refractivity contribution >= 4 is 5.91 Å². The van der Waals surface area contributed by atoms with E-state index in [1.807, 2.05) is 39.1 Å². The highest BCUT2D eigenvalue weighted by Crippen LogP contribution is 2.44. The number of rotatable bonds is 6. The summed E-state index contributed by atoms with van der Waals surface area (Å²) >= 11 is 0. The Kier molecular flexibility index (Phi) is 7.29. The summed E-state index contributed by atoms with van der Waals surface area (Å²) in [6.45, 7) is 7.47. The molecule has 0 aliphatic carbocycles. The number of likely N-dealkylation sites (tertiary alicyclic amines) is 1. The first kappa shape index (κ1) is 23.6. The minimum atomic E-state index is -0.516. The second-order valence-corrected chi connectivity index (χ2v) is 9.20. The van der Waals surface area contributed by atoms with Crippen LogP contribution in [0.2, 0.25) is 0 Å². The van der Waals surface area contributed by atoms with Crippen LogP contribution < -0.4 is 4.74 Å². The van der Waals surface area contributed by atoms with E-state index < -0.39 is 5.82 Å². The molecule has 2 fully saturated rings. The molecular formula is C26H33FN2O4. The van der Waals surface area contributed by atoms with Crippen molar-refractivity contribution in [3.63, 3.8) is 0 Å². The van der Waals surface area contributed by atoms with Gasteiger partial charge in [-0.2, -0.15) is 0 Å². The maximum absolute atomic E-state index is 14.4. The molecule has 1 aromatic heterocycles. The van der Waals surface area contributed by atoms with E-state index in [0.29, 0.717) is 25.3 Å². The van der Waals surface area contributed by atoms with Crippen LogP contribution in [0, 0.1) is 5.82 Å². The molecule has 3 heterocycles. The number of carbonyl (C=O) groups excluding carboxylic acids is 1. The van der Waals surface area contributed by atoms with Gasteiger partial charge in [-0.05, 0) is 63.4 Å². The number of amides is 1. The van der Waals surface area contributed by atoms with Crippen molar-refractivity contribution < 1.29 is 23.4 Å². The van der Waals surface area contributed by atoms with Gasteiger partial charge in [0.1, 0.15) is 0 Å². The van der Waals surface area contributed by atoms with Gasteiger partial charge in [0.2, 0.25) is 0 Å². The van der Waals surface area contributed by atoms with Gasteiger partial charge in [-0.25, -0.2) is 4.39 Å². The monoisotopic (exact) mass is 456 g/mol. The van der Waals surface area contributed by atoms with Crippen LogP contribution in [-0.4, -0.2) is 53.3 Å². The van der Waals surface area contributed by atoms with Crippen molar-refractivity contribution in [3.8, 4) is 5.75 Å². The molecule has 0 radical (unpaired) electrons. The van der Waals surface area contributed by atoms with Crippen LogP contribution in [0.1, 0.15) is 68.5 Å². The summed E-state index contributed by atoms with van der Waals surface area (Å²) < 4.78 is 32.5. The second kappa shape index (κ2) is 10.2. The number of nitrogens with zero attached hydrogens (tertiary/aromatic N) is 2. The normalized spacial score (nSPS) is 22.5. The van der Waals surface area contributed by atoms with Gasteiger partial charge in [0.25, 0.3) is 5.91 Å². The van der Waals surface area contributed by atoms with Crippen LogP contribution >= 0.6 is 0 Å². The summed E-state index contributed by atoms with van der Waals surface area (Å²) in [6.07, 6.45) is 6.57. The Bertz CT molecular complexity index is 945. The molecule has 2 aromatic rings. The summed E-state index contributed by atoms with van der Waals surface area (Å²) in [5.41, 5.74) is 1.05. The van der Waals surface area contributed by atoms with E-state index in [9.17, 15) is 9.18 Å². The molecule has 1 spiro atoms. The first-order valence-corrected chi connectivity index (χ1v) is 11.8. The second-order valence-electron chi connectivity index (χ2n) is 9.20. The fourth-order valence-corrected chi connectivity index (χ4v) is 4.87. The van der Waals surface area contributed by atoms with Gasteiger partial charge < -0.3 is 19.1 Å². The number of ether oxygens (including phenoxy) is 3. The highest BCUT2D eigenvalue weighted by molar-refractivity contribution is 5.94. The number of benzene rings is 1. The molecule has 2 aliphatic rings. The molecule has 178 valence electrons. The Hall–Kier alpha value is -2.51. The first-order valence-electron chi connectivity index (χ1n) is 11.8. The van der Waals surface area contributed by atoms with E-state index in [1.54, 1.807) is 17.2 Å². The standard InChI is InChI=1S/C26H33FN2O4/c1-4-31-21-15-24(20-6-5-11-28-17-20)33-26(16-21)9-12-29(13-10-26)25(30)19-7-8-23(22(27)14-19)32-18(2)3/h5-8,11,14,17-18,21,24H,4,9-10,12-13,15-16H2,1-3H3. The Balaban J connectivity index is 1.44. The lowest BCUT2D eigenvalue weighted by Gasteiger charge is -2.48. The van der Waals surface area contributed by atoms with Crippen LogP contribution in [0.25, 0.3) is 0 Å². The SMILES string of the molecule is CCOC1CC(c2cccnc2)OC2(CCN(C(=O)c3ccc(OC(C)C)c(F)c3)CC2)C1. The van der Waals surface area contributed by atoms with Gasteiger partial charge in [0, 0.05) is 50.5 Å². The van der Waals surface area contributed by atoms with Crippen LogP contribution in [-0.2, 0) is 9.47 Å². The average Bonchev–Trinajstić information content (AvgIpc) is 2.81. The van der Waals surface area contributed by atoms with Crippen molar-refractivity contribution in [1.82, 2.24) is 9.88 Å². The summed E-state index contributed by atoms with van der Waals surface area (Å²) in [4.78, 5) is 19.1. The lowest BCUT2D eigenvalue weighted by atomic mass is 9.80. The molecule has 1 amide bonds. The van der Waals surface area contributed by atoms with E-state index in [0.717, 1.165) is 31.2 Å². The van der Waals surface area contributed by atoms with Crippen molar-refractivity contribution in [1.29, 1.82) is 0 Å². The average molecular weight is 457 g/mol. The molecule has 2 atom stereocenters. The summed E-state index contributed by atoms with van der Waals surface area (Å²) in [7, 11) is 0. The maximum atomic E-state index is 14.4. The summed E-state index contributed by atoms with van der Waals surface area (Å²) in [5.74, 6) is -0.517. The predicted molar refractivity (Wildman–Crippen MR) is 123 cm³/mol. The van der Waals surface area contributed by atoms with Crippen LogP contribution in [0.4, 0.5) is 4.39 Å². The number of hydrogen-bond donors (Lipinski definition) is 0. The molecule has 6 nitrogen and oxygen atoms in total. The van der Waals surface area contributed by atoms with Gasteiger partial charge >= 0.3 is 0 Å². The Morgan fingerprint density at radius 3 is 2.73 bits per heavy atom. The number of aromatic nitrogens is 1. The zero-order chi connectivity index (χ0) is 23.4. The fourth-order valence-electron chi connectivity index (χ4n) is 4.87. The van der Waals surface area contributed by atoms with E-state index in [4.69, 9.17) is 14.2 Å². The number of hydrogen-bond acceptors (Lipinski definition) is 5. The van der Waals surface area contributed by atoms with E-state index >= 15 is 0 Å². The lowest BCUT2D eigenvalue weighted by Crippen LogP contribution is -2.52. The van der Waals surface area contributed by atoms with Crippen molar-refractivity contribution in [3.05, 3.63) is 59.7 Å². The predicted octanol–water partition coefficient (Wildman–Crippen LogP) is 4.94. The lowest BCUT2D eigenvalue weighted by molar-refractivity contribution is -0.190. The number of halogens is 1. The van der Waals surface area contributed by atoms with E-state index in [2.05, 4.69) is 4.98 Å². The smallest absolute Gasteiger partial charge is 0.253 e. The summed E-state index contributed by atoms with van der Waals surface area (Å²) in [6, 6.07) is 8.40. The van der Waals surface area contributed by atoms with Crippen LogP contribution in [0.5, 0.6) is 5.75 Å². The largest absolute Gasteiger partial charge is 0.488 e. The molecule has 4 rings (SSSR count). The molecule has 33 heavy (non-hydrogen) atoms. The third kappa shape index (κ3) is 5.53. The van der Waals surface area contributed by atoms with Gasteiger partial charge in [-0.15, -0.1) is 0 Å². The quantitative estimate of drug-likeness (QED) is 0.616. The molecule has 2 aliphatic heterocycles. The minimum absolute atomic E-state index is 0.0751. The number of pyridine rings is 1. The van der Waals surface area contributed by atoms with Gasteiger partial charge in [0.05, 0.1) is 23.9 Å². The van der Waals surface area contributed by atoms with Gasteiger partial charge in [0.15, 0.2) is 11.6 Å². The molecule has 2 saturated heterocycles. The van der Waals surface area contributed by atoms with E-state index in [-0.39, 0.29) is 35.6 Å². The van der Waals surface area contributed by atoms with Crippen molar-refractivity contribution in [2.75, 3.05) is 19.7 Å². The van der Waals surface area contributed by atoms with Crippen molar-refractivity contribution in [2.45, 2.75) is 70.4 Å². The zero-order valence-corrected chi connectivity index (χ0v) is 19.6. The van der Waals surface area contributed by atoms with E-state index in [1.165, 1.54) is 12.1 Å². The third-order valence-corrected chi connectivity index (χ3v) is 6.43. The fraction of sp³-hybridized carbons (Fsp3) is 0.538. The summed E-state index contributed by atoms with van der Waals surface area (Å²) in [5, 5.41) is 0. The first-order chi connectivity index (χ1) is 15.9.